The second kappa shape index (κ2) is 42.4. The number of carbonyl (C=O) groups excluding carboxylic acids is 4. The number of ether oxygens (including phenoxy) is 4. The Balaban J connectivity index is 0.000000409. The zero-order valence-electron chi connectivity index (χ0n) is 58.4. The molecule has 0 atom stereocenters. The number of esters is 4. The van der Waals surface area contributed by atoms with E-state index in [9.17, 15) is 84.7 Å². The molecule has 0 spiro atoms. The molecular weight excluding hydrogens is 1770 g/mol. The fourth-order valence-electron chi connectivity index (χ4n) is 16.8. The molecular formula is C69H85BrF9I2Na3O15S4+2. The second-order valence-corrected chi connectivity index (χ2v) is 37.6. The first-order valence-electron chi connectivity index (χ1n) is 32.2. The Morgan fingerprint density at radius 2 is 0.709 bits per heavy atom. The van der Waals surface area contributed by atoms with E-state index in [0.29, 0.717) is 40.1 Å². The topological polar surface area (TPSA) is 247 Å². The van der Waals surface area contributed by atoms with Crippen molar-refractivity contribution in [3.05, 3.63) is 123 Å². The minimum atomic E-state index is -6.22. The summed E-state index contributed by atoms with van der Waals surface area (Å²) >= 11 is 8.77. The van der Waals surface area contributed by atoms with Gasteiger partial charge >= 0.3 is 188 Å². The molecule has 0 aromatic heterocycles. The average molecular weight is 1860 g/mol. The number of alkyl halides is 8. The third kappa shape index (κ3) is 28.6. The van der Waals surface area contributed by atoms with Crippen LogP contribution in [-0.4, -0.2) is 112 Å². The smallest absolute Gasteiger partial charge is 1.00 e. The first kappa shape index (κ1) is 98.6. The Morgan fingerprint density at radius 1 is 0.466 bits per heavy atom. The minimum absolute atomic E-state index is 0. The zero-order valence-corrected chi connectivity index (χ0v) is 73.7. The molecule has 103 heavy (non-hydrogen) atoms. The van der Waals surface area contributed by atoms with Gasteiger partial charge in [0.05, 0.1) is 37.2 Å². The van der Waals surface area contributed by atoms with Gasteiger partial charge in [0.15, 0.2) is 17.3 Å². The third-order valence-corrected chi connectivity index (χ3v) is 28.6. The SMILES string of the molecule is CC(F)(F)C(=O)OCC12CC3CC(CC(C3)C1)C2.CC(F)(F)C(=O)OCC12CC3CC(CC(C3)C1)C2.COC(=O)C(F)(F)S(=O)(=O)F.COC(=O)C(F)(F)S(=O)(=O)[O-].OCC12CC3CC(CC(C3)C1)C2.Sc1ccccc1[I+]c1ccccc1.Sc1ccccc1[I+]c1ccccc1.[Br-].[Na+].[Na+].[Na+].[OH-]. The zero-order chi connectivity index (χ0) is 72.3. The molecule has 0 amide bonds. The van der Waals surface area contributed by atoms with E-state index in [-0.39, 0.29) is 178 Å². The molecule has 12 fully saturated rings. The van der Waals surface area contributed by atoms with Crippen LogP contribution < -0.4 is 148 Å². The van der Waals surface area contributed by atoms with Gasteiger partial charge < -0.3 is 51.1 Å². The van der Waals surface area contributed by atoms with Crippen molar-refractivity contribution < 1.29 is 257 Å². The summed E-state index contributed by atoms with van der Waals surface area (Å²) in [5, 5.41) is -0.676. The molecule has 0 saturated heterocycles. The first-order valence-corrected chi connectivity index (χ1v) is 40.2. The molecule has 15 nitrogen and oxygen atoms in total. The number of aliphatic hydroxyl groups excluding tert-OH is 1. The summed E-state index contributed by atoms with van der Waals surface area (Å²) in [6.07, 6.45) is 22.7. The number of thiol groups is 2. The van der Waals surface area contributed by atoms with Gasteiger partial charge in [0, 0.05) is 31.3 Å². The third-order valence-electron chi connectivity index (χ3n) is 19.6. The second-order valence-electron chi connectivity index (χ2n) is 27.9. The Hall–Kier alpha value is -0.450. The number of carbonyl (C=O) groups is 4. The predicted octanol–water partition coefficient (Wildman–Crippen LogP) is -3.61. The summed E-state index contributed by atoms with van der Waals surface area (Å²) in [5.41, 5.74) is 0.445. The molecule has 16 rings (SSSR count). The van der Waals surface area contributed by atoms with E-state index in [1.807, 2.05) is 12.1 Å². The van der Waals surface area contributed by atoms with Gasteiger partial charge in [0.1, 0.15) is 0 Å². The van der Waals surface area contributed by atoms with Gasteiger partial charge in [-0.15, -0.1) is 25.3 Å². The number of methoxy groups -OCH3 is 2. The van der Waals surface area contributed by atoms with E-state index in [0.717, 1.165) is 102 Å². The molecule has 12 saturated carbocycles. The van der Waals surface area contributed by atoms with E-state index in [1.54, 1.807) is 0 Å². The summed E-state index contributed by atoms with van der Waals surface area (Å²) in [6.45, 7) is 2.10. The van der Waals surface area contributed by atoms with E-state index in [1.165, 1.54) is 91.3 Å². The van der Waals surface area contributed by atoms with Gasteiger partial charge in [-0.3, -0.25) is 0 Å². The van der Waals surface area contributed by atoms with Crippen LogP contribution in [-0.2, 0) is 58.5 Å². The van der Waals surface area contributed by atoms with Crippen molar-refractivity contribution in [2.45, 2.75) is 162 Å². The number of rotatable bonds is 15. The molecule has 12 aliphatic rings. The molecule has 12 aliphatic carbocycles. The van der Waals surface area contributed by atoms with Gasteiger partial charge in [0.2, 0.25) is 7.14 Å². The van der Waals surface area contributed by atoms with Crippen LogP contribution in [0, 0.1) is 83.8 Å². The van der Waals surface area contributed by atoms with Crippen LogP contribution in [0.15, 0.2) is 119 Å². The van der Waals surface area contributed by atoms with Crippen LogP contribution >= 0.6 is 25.3 Å². The molecule has 560 valence electrons. The van der Waals surface area contributed by atoms with Crippen molar-refractivity contribution in [1.29, 1.82) is 0 Å². The molecule has 4 aromatic carbocycles. The number of aliphatic hydroxyl groups is 1. The van der Waals surface area contributed by atoms with Crippen LogP contribution in [0.1, 0.15) is 129 Å². The van der Waals surface area contributed by atoms with Crippen LogP contribution in [0.2, 0.25) is 0 Å². The maximum absolute atomic E-state index is 12.8. The fourth-order valence-corrected chi connectivity index (χ4v) is 22.8. The molecule has 34 heteroatoms. The van der Waals surface area contributed by atoms with Crippen molar-refractivity contribution >= 4 is 69.5 Å². The van der Waals surface area contributed by atoms with Crippen molar-refractivity contribution in [3.63, 3.8) is 0 Å². The van der Waals surface area contributed by atoms with Crippen LogP contribution in [0.3, 0.4) is 0 Å². The maximum Gasteiger partial charge on any atom is 1.00 e. The van der Waals surface area contributed by atoms with Crippen LogP contribution in [0.5, 0.6) is 0 Å². The fraction of sp³-hybridized carbons (Fsp3) is 0.594. The summed E-state index contributed by atoms with van der Waals surface area (Å²) in [5.74, 6) is -6.82. The predicted molar refractivity (Wildman–Crippen MR) is 343 cm³/mol. The van der Waals surface area contributed by atoms with Gasteiger partial charge in [0.25, 0.3) is 0 Å². The average Bonchev–Trinajstić information content (AvgIpc) is 0.865. The summed E-state index contributed by atoms with van der Waals surface area (Å²) < 4.78 is 181. The number of hydrogen-bond donors (Lipinski definition) is 3. The monoisotopic (exact) mass is 1850 g/mol. The van der Waals surface area contributed by atoms with E-state index in [4.69, 9.17) is 9.47 Å². The van der Waals surface area contributed by atoms with Gasteiger partial charge in [-0.25, -0.2) is 27.6 Å². The summed E-state index contributed by atoms with van der Waals surface area (Å²) in [4.78, 5) is 44.4. The van der Waals surface area contributed by atoms with E-state index >= 15 is 0 Å². The van der Waals surface area contributed by atoms with Gasteiger partial charge in [-0.2, -0.15) is 43.5 Å². The molecule has 0 heterocycles. The Morgan fingerprint density at radius 3 is 0.913 bits per heavy atom. The largest absolute Gasteiger partial charge is 1.00 e. The number of hydrogen-bond acceptors (Lipinski definition) is 17. The van der Waals surface area contributed by atoms with Gasteiger partial charge in [-0.1, -0.05) is 64.5 Å². The van der Waals surface area contributed by atoms with Crippen molar-refractivity contribution in [2.24, 2.45) is 69.5 Å². The van der Waals surface area contributed by atoms with E-state index < -0.39 is 66.6 Å². The maximum atomic E-state index is 12.8. The standard InChI is InChI=1S/2C14H20F2O2.2C12H9IS.C11H18O.C3H3F3O4S.C3H4F2O5S.BrH.3Na.H2O/c2*1-13(15,16)12(17)18-8-14-5-9-2-10(6-14)4-11(3-9)7-14;2*14-12-9-5-4-8-11(12)13-10-6-2-1-3-7-10;12-7-11-4-8-1-9(5-11)3-10(2-8)6-11;1-10-2(7)3(4,5)11(6,8)9;1-10-2(6)3(4,5)11(7,8)9;;;;;/h2*9-11H,2-8H2,1H3;2*1-9H;8-10,12H,1-7H2;1H3;1H3,(H,7,8,9);1H;;;;1H2/q;;;;;;;;3*+1;/p-1. The molecule has 0 aliphatic heterocycles. The molecule has 12 bridgehead atoms. The molecule has 4 aromatic rings. The quantitative estimate of drug-likeness (QED) is 0.0152. The van der Waals surface area contributed by atoms with Crippen molar-refractivity contribution in [2.75, 3.05) is 34.0 Å². The first-order chi connectivity index (χ1) is 45.7. The van der Waals surface area contributed by atoms with Gasteiger partial charge in [-0.05, 0) is 223 Å². The Labute approximate surface area is 706 Å². The summed E-state index contributed by atoms with van der Waals surface area (Å²) in [7, 11) is -11.1. The number of halogens is 12. The van der Waals surface area contributed by atoms with Crippen LogP contribution in [0.4, 0.5) is 39.0 Å². The molecule has 2 N–H and O–H groups in total. The van der Waals surface area contributed by atoms with Crippen molar-refractivity contribution in [1.82, 2.24) is 0 Å². The minimum Gasteiger partial charge on any atom is -1.00 e. The van der Waals surface area contributed by atoms with Crippen LogP contribution in [0.25, 0.3) is 0 Å². The van der Waals surface area contributed by atoms with Crippen molar-refractivity contribution in [3.8, 4) is 0 Å². The normalized spacial score (nSPS) is 26.7. The Kier molecular flexibility index (Phi) is 40.6. The molecule has 0 radical (unpaired) electrons. The summed E-state index contributed by atoms with van der Waals surface area (Å²) in [6, 6.07) is 37.9. The Bertz CT molecular complexity index is 3280. The number of benzene rings is 4. The van der Waals surface area contributed by atoms with E-state index in [2.05, 4.69) is 132 Å². The molecule has 0 unspecified atom stereocenters.